The van der Waals surface area contributed by atoms with Crippen molar-refractivity contribution in [3.63, 3.8) is 0 Å². The van der Waals surface area contributed by atoms with E-state index < -0.39 is 23.9 Å². The minimum absolute atomic E-state index is 0.435. The Morgan fingerprint density at radius 1 is 0.632 bits per heavy atom. The number of carbonyl (C=O) groups is 4. The molecule has 0 aliphatic heterocycles. The lowest BCUT2D eigenvalue weighted by Gasteiger charge is -2.12. The molecule has 0 spiro atoms. The fourth-order valence-electron chi connectivity index (χ4n) is 2.83. The predicted molar refractivity (Wildman–Crippen MR) is 141 cm³/mol. The highest BCUT2D eigenvalue weighted by atomic mass is 16.6. The molecule has 0 unspecified atom stereocenters. The van der Waals surface area contributed by atoms with Gasteiger partial charge in [-0.2, -0.15) is 0 Å². The number of hydrogen-bond donors (Lipinski definition) is 0. The van der Waals surface area contributed by atoms with Gasteiger partial charge in [-0.05, 0) is 52.5 Å². The lowest BCUT2D eigenvalue weighted by molar-refractivity contribution is -0.174. The Balaban J connectivity index is 1.88. The summed E-state index contributed by atoms with van der Waals surface area (Å²) in [6.45, 7) is 2.26. The number of ether oxygens (including phenoxy) is 4. The highest BCUT2D eigenvalue weighted by molar-refractivity contribution is 6.34. The Bertz CT molecular complexity index is 1080. The SMILES string of the molecule is CN(C)CCOc1ccccc1/C=C/C(=O)OC(=O)C(=O)OC(=O)/C=C/c1ccccc1OCCN(C)C. The van der Waals surface area contributed by atoms with Crippen LogP contribution in [-0.4, -0.2) is 88.2 Å². The third-order valence-corrected chi connectivity index (χ3v) is 4.78. The van der Waals surface area contributed by atoms with Gasteiger partial charge in [0.2, 0.25) is 0 Å². The molecule has 0 N–H and O–H groups in total. The van der Waals surface area contributed by atoms with Crippen molar-refractivity contribution >= 4 is 36.0 Å². The molecule has 38 heavy (non-hydrogen) atoms. The zero-order valence-electron chi connectivity index (χ0n) is 21.9. The molecular formula is C28H32N2O8. The molecule has 2 rings (SSSR count). The van der Waals surface area contributed by atoms with E-state index in [1.165, 1.54) is 12.2 Å². The van der Waals surface area contributed by atoms with Crippen molar-refractivity contribution in [2.75, 3.05) is 54.5 Å². The van der Waals surface area contributed by atoms with Gasteiger partial charge >= 0.3 is 23.9 Å². The van der Waals surface area contributed by atoms with Crippen LogP contribution in [0.5, 0.6) is 11.5 Å². The average Bonchev–Trinajstić information content (AvgIpc) is 2.87. The third kappa shape index (κ3) is 11.2. The van der Waals surface area contributed by atoms with Crippen LogP contribution >= 0.6 is 0 Å². The number of hydrogen-bond acceptors (Lipinski definition) is 10. The minimum atomic E-state index is -1.62. The quantitative estimate of drug-likeness (QED) is 0.178. The Kier molecular flexibility index (Phi) is 12.4. The number of esters is 4. The van der Waals surface area contributed by atoms with E-state index >= 15 is 0 Å². The molecule has 2 aromatic rings. The van der Waals surface area contributed by atoms with Gasteiger partial charge in [0.05, 0.1) is 0 Å². The molecule has 0 amide bonds. The highest BCUT2D eigenvalue weighted by Gasteiger charge is 2.22. The molecule has 0 radical (unpaired) electrons. The molecule has 0 heterocycles. The van der Waals surface area contributed by atoms with E-state index in [0.717, 1.165) is 12.2 Å². The van der Waals surface area contributed by atoms with Crippen molar-refractivity contribution in [1.82, 2.24) is 9.80 Å². The van der Waals surface area contributed by atoms with E-state index in [4.69, 9.17) is 9.47 Å². The lowest BCUT2D eigenvalue weighted by atomic mass is 10.2. The second-order valence-corrected chi connectivity index (χ2v) is 8.46. The molecule has 0 saturated heterocycles. The lowest BCUT2D eigenvalue weighted by Crippen LogP contribution is -2.24. The molecule has 0 aromatic heterocycles. The Morgan fingerprint density at radius 2 is 1.00 bits per heavy atom. The fourth-order valence-corrected chi connectivity index (χ4v) is 2.83. The number of nitrogens with zero attached hydrogens (tertiary/aromatic N) is 2. The number of likely N-dealkylation sites (N-methyl/N-ethyl adjacent to an activating group) is 2. The molecule has 202 valence electrons. The van der Waals surface area contributed by atoms with Crippen LogP contribution in [0.4, 0.5) is 0 Å². The van der Waals surface area contributed by atoms with Crippen molar-refractivity contribution in [2.24, 2.45) is 0 Å². The molecule has 10 heteroatoms. The Hall–Kier alpha value is -4.28. The molecule has 0 aliphatic rings. The first kappa shape index (κ1) is 29.9. The minimum Gasteiger partial charge on any atom is -0.492 e. The maximum Gasteiger partial charge on any atom is 0.425 e. The molecular weight excluding hydrogens is 492 g/mol. The van der Waals surface area contributed by atoms with Crippen LogP contribution in [0.15, 0.2) is 60.7 Å². The van der Waals surface area contributed by atoms with Gasteiger partial charge in [-0.25, -0.2) is 19.2 Å². The Labute approximate surface area is 222 Å². The molecule has 0 atom stereocenters. The topological polar surface area (TPSA) is 112 Å². The molecule has 0 bridgehead atoms. The van der Waals surface area contributed by atoms with Gasteiger partial charge in [-0.3, -0.25) is 0 Å². The molecule has 0 aliphatic carbocycles. The summed E-state index contributed by atoms with van der Waals surface area (Å²) in [5, 5.41) is 0. The summed E-state index contributed by atoms with van der Waals surface area (Å²) >= 11 is 0. The van der Waals surface area contributed by atoms with Crippen LogP contribution in [0.25, 0.3) is 12.2 Å². The summed E-state index contributed by atoms with van der Waals surface area (Å²) in [7, 11) is 7.67. The third-order valence-electron chi connectivity index (χ3n) is 4.78. The van der Waals surface area contributed by atoms with Crippen molar-refractivity contribution in [3.05, 3.63) is 71.8 Å². The number of benzene rings is 2. The van der Waals surface area contributed by atoms with Gasteiger partial charge in [-0.1, -0.05) is 36.4 Å². The zero-order chi connectivity index (χ0) is 27.9. The van der Waals surface area contributed by atoms with Gasteiger partial charge < -0.3 is 28.7 Å². The maximum atomic E-state index is 12.0. The molecule has 0 saturated carbocycles. The van der Waals surface area contributed by atoms with E-state index in [0.29, 0.717) is 48.9 Å². The van der Waals surface area contributed by atoms with Crippen LogP contribution in [0.3, 0.4) is 0 Å². The van der Waals surface area contributed by atoms with E-state index in [-0.39, 0.29) is 0 Å². The first-order valence-electron chi connectivity index (χ1n) is 11.8. The van der Waals surface area contributed by atoms with Crippen molar-refractivity contribution in [3.8, 4) is 11.5 Å². The summed E-state index contributed by atoms with van der Waals surface area (Å²) in [4.78, 5) is 51.7. The van der Waals surface area contributed by atoms with Gasteiger partial charge in [0.1, 0.15) is 24.7 Å². The number of carbonyl (C=O) groups excluding carboxylic acids is 4. The van der Waals surface area contributed by atoms with Crippen molar-refractivity contribution < 1.29 is 38.1 Å². The second kappa shape index (κ2) is 15.7. The largest absolute Gasteiger partial charge is 0.492 e. The summed E-state index contributed by atoms with van der Waals surface area (Å²) in [6, 6.07) is 13.9. The first-order valence-corrected chi connectivity index (χ1v) is 11.8. The van der Waals surface area contributed by atoms with E-state index in [9.17, 15) is 19.2 Å². The zero-order valence-corrected chi connectivity index (χ0v) is 21.9. The number of rotatable bonds is 12. The molecule has 10 nitrogen and oxygen atoms in total. The van der Waals surface area contributed by atoms with Crippen LogP contribution in [0, 0.1) is 0 Å². The van der Waals surface area contributed by atoms with Crippen LogP contribution < -0.4 is 9.47 Å². The van der Waals surface area contributed by atoms with E-state index in [1.54, 1.807) is 48.5 Å². The van der Waals surface area contributed by atoms with Crippen molar-refractivity contribution in [2.45, 2.75) is 0 Å². The molecule has 0 fully saturated rings. The normalized spacial score (nSPS) is 11.2. The smallest absolute Gasteiger partial charge is 0.425 e. The van der Waals surface area contributed by atoms with Crippen molar-refractivity contribution in [1.29, 1.82) is 0 Å². The second-order valence-electron chi connectivity index (χ2n) is 8.46. The summed E-state index contributed by atoms with van der Waals surface area (Å²) in [5.41, 5.74) is 1.15. The maximum absolute atomic E-state index is 12.0. The standard InChI is InChI=1S/C28H32N2O8/c1-29(2)17-19-35-23-11-7-5-9-21(23)13-15-25(31)37-27(33)28(34)38-26(32)16-14-22-10-6-8-12-24(22)36-20-18-30(3)4/h5-16H,17-20H2,1-4H3/b15-13+,16-14+. The monoisotopic (exact) mass is 524 g/mol. The van der Waals surface area contributed by atoms with Crippen LogP contribution in [0.2, 0.25) is 0 Å². The Morgan fingerprint density at radius 3 is 1.37 bits per heavy atom. The number of para-hydroxylation sites is 2. The van der Waals surface area contributed by atoms with Gasteiger partial charge in [0.15, 0.2) is 0 Å². The van der Waals surface area contributed by atoms with Gasteiger partial charge in [0, 0.05) is 36.4 Å². The predicted octanol–water partition coefficient (Wildman–Crippen LogP) is 2.43. The van der Waals surface area contributed by atoms with Crippen LogP contribution in [-0.2, 0) is 28.7 Å². The van der Waals surface area contributed by atoms with Crippen LogP contribution in [0.1, 0.15) is 11.1 Å². The summed E-state index contributed by atoms with van der Waals surface area (Å²) in [6.07, 6.45) is 4.71. The van der Waals surface area contributed by atoms with Gasteiger partial charge in [-0.15, -0.1) is 0 Å². The first-order chi connectivity index (χ1) is 18.2. The summed E-state index contributed by atoms with van der Waals surface area (Å²) in [5.74, 6) is -4.39. The fraction of sp³-hybridized carbons (Fsp3) is 0.286. The highest BCUT2D eigenvalue weighted by Crippen LogP contribution is 2.20. The van der Waals surface area contributed by atoms with E-state index in [2.05, 4.69) is 9.47 Å². The van der Waals surface area contributed by atoms with E-state index in [1.807, 2.05) is 38.0 Å². The molecule has 2 aromatic carbocycles. The van der Waals surface area contributed by atoms with Gasteiger partial charge in [0.25, 0.3) is 0 Å². The average molecular weight is 525 g/mol. The summed E-state index contributed by atoms with van der Waals surface area (Å²) < 4.78 is 20.3.